The molecule has 1 aliphatic rings. The molecule has 0 spiro atoms. The van der Waals surface area contributed by atoms with Crippen molar-refractivity contribution in [3.63, 3.8) is 0 Å². The van der Waals surface area contributed by atoms with Crippen LogP contribution in [-0.4, -0.2) is 29.6 Å². The van der Waals surface area contributed by atoms with Gasteiger partial charge in [0, 0.05) is 31.0 Å². The van der Waals surface area contributed by atoms with Gasteiger partial charge in [-0.15, -0.1) is 0 Å². The molecule has 1 aliphatic heterocycles. The predicted molar refractivity (Wildman–Crippen MR) is 97.1 cm³/mol. The van der Waals surface area contributed by atoms with E-state index in [1.165, 1.54) is 30.5 Å². The van der Waals surface area contributed by atoms with E-state index >= 15 is 0 Å². The Hall–Kier alpha value is -2.50. The molecule has 3 N–H and O–H groups in total. The molecule has 1 aromatic heterocycles. The van der Waals surface area contributed by atoms with Crippen LogP contribution in [0.1, 0.15) is 30.5 Å². The molecular formula is C18H24N4O2. The second-order valence-electron chi connectivity index (χ2n) is 6.30. The minimum Gasteiger partial charge on any atom is -0.379 e. The second-order valence-corrected chi connectivity index (χ2v) is 6.30. The van der Waals surface area contributed by atoms with Crippen LogP contribution in [0.3, 0.4) is 0 Å². The van der Waals surface area contributed by atoms with Gasteiger partial charge >= 0.3 is 5.69 Å². The highest BCUT2D eigenvalue weighted by atomic mass is 16.2. The summed E-state index contributed by atoms with van der Waals surface area (Å²) < 4.78 is 0. The molecule has 128 valence electrons. The third-order valence-corrected chi connectivity index (χ3v) is 4.50. The molecule has 1 aromatic carbocycles. The zero-order valence-electron chi connectivity index (χ0n) is 14.0. The number of piperidine rings is 1. The number of benzene rings is 1. The Kier molecular flexibility index (Phi) is 5.03. The minimum atomic E-state index is -0.476. The highest BCUT2D eigenvalue weighted by Gasteiger charge is 2.10. The lowest BCUT2D eigenvalue weighted by molar-refractivity contribution is 0.578. The van der Waals surface area contributed by atoms with Gasteiger partial charge in [-0.05, 0) is 50.3 Å². The summed E-state index contributed by atoms with van der Waals surface area (Å²) >= 11 is 0. The summed E-state index contributed by atoms with van der Waals surface area (Å²) in [4.78, 5) is 30.2. The zero-order chi connectivity index (χ0) is 16.9. The van der Waals surface area contributed by atoms with Crippen LogP contribution in [0.15, 0.2) is 33.9 Å². The second kappa shape index (κ2) is 7.38. The van der Waals surface area contributed by atoms with E-state index in [1.807, 2.05) is 0 Å². The first-order valence-electron chi connectivity index (χ1n) is 8.54. The molecule has 6 heteroatoms. The molecule has 24 heavy (non-hydrogen) atoms. The highest BCUT2D eigenvalue weighted by Crippen LogP contribution is 2.20. The van der Waals surface area contributed by atoms with Gasteiger partial charge in [0.05, 0.1) is 0 Å². The maximum absolute atomic E-state index is 11.8. The molecule has 1 fully saturated rings. The molecule has 6 nitrogen and oxygen atoms in total. The maximum Gasteiger partial charge on any atom is 0.326 e. The van der Waals surface area contributed by atoms with Crippen LogP contribution in [0.25, 0.3) is 0 Å². The first-order chi connectivity index (χ1) is 11.6. The van der Waals surface area contributed by atoms with E-state index in [9.17, 15) is 9.59 Å². The van der Waals surface area contributed by atoms with Crippen molar-refractivity contribution in [3.05, 3.63) is 56.4 Å². The molecular weight excluding hydrogens is 304 g/mol. The third-order valence-electron chi connectivity index (χ3n) is 4.50. The monoisotopic (exact) mass is 328 g/mol. The van der Waals surface area contributed by atoms with E-state index in [4.69, 9.17) is 0 Å². The fraction of sp³-hybridized carbons (Fsp3) is 0.444. The summed E-state index contributed by atoms with van der Waals surface area (Å²) in [7, 11) is 0. The third kappa shape index (κ3) is 3.88. The lowest BCUT2D eigenvalue weighted by Gasteiger charge is -2.28. The molecule has 0 atom stereocenters. The van der Waals surface area contributed by atoms with Gasteiger partial charge in [-0.2, -0.15) is 0 Å². The first kappa shape index (κ1) is 16.4. The predicted octanol–water partition coefficient (Wildman–Crippen LogP) is 2.02. The number of aromatic nitrogens is 2. The maximum atomic E-state index is 11.8. The lowest BCUT2D eigenvalue weighted by atomic mass is 10.1. The Morgan fingerprint density at radius 3 is 2.42 bits per heavy atom. The molecule has 0 aliphatic carbocycles. The van der Waals surface area contributed by atoms with E-state index < -0.39 is 5.69 Å². The molecule has 3 rings (SSSR count). The summed E-state index contributed by atoms with van der Waals surface area (Å²) in [5, 5.41) is 3.11. The van der Waals surface area contributed by atoms with Gasteiger partial charge in [0.25, 0.3) is 5.56 Å². The molecule has 0 radical (unpaired) electrons. The Balaban J connectivity index is 1.57. The highest BCUT2D eigenvalue weighted by molar-refractivity contribution is 5.48. The fourth-order valence-corrected chi connectivity index (χ4v) is 3.17. The van der Waals surface area contributed by atoms with Crippen molar-refractivity contribution in [2.45, 2.75) is 32.6 Å². The number of hydrogen-bond acceptors (Lipinski definition) is 4. The van der Waals surface area contributed by atoms with E-state index in [-0.39, 0.29) is 5.56 Å². The average Bonchev–Trinajstić information content (AvgIpc) is 2.58. The zero-order valence-corrected chi connectivity index (χ0v) is 14.0. The van der Waals surface area contributed by atoms with Crippen molar-refractivity contribution in [2.75, 3.05) is 29.9 Å². The number of hydrogen-bond donors (Lipinski definition) is 3. The Bertz CT molecular complexity index is 786. The molecule has 0 bridgehead atoms. The largest absolute Gasteiger partial charge is 0.379 e. The van der Waals surface area contributed by atoms with Crippen molar-refractivity contribution in [2.24, 2.45) is 0 Å². The van der Waals surface area contributed by atoms with Crippen LogP contribution in [0.2, 0.25) is 0 Å². The van der Waals surface area contributed by atoms with E-state index in [0.717, 1.165) is 19.5 Å². The molecule has 2 aromatic rings. The van der Waals surface area contributed by atoms with Crippen LogP contribution in [0.5, 0.6) is 0 Å². The van der Waals surface area contributed by atoms with Crippen LogP contribution >= 0.6 is 0 Å². The van der Waals surface area contributed by atoms with E-state index in [1.54, 1.807) is 6.92 Å². The molecule has 0 amide bonds. The minimum absolute atomic E-state index is 0.378. The molecule has 0 saturated carbocycles. The number of rotatable bonds is 5. The van der Waals surface area contributed by atoms with Crippen molar-refractivity contribution >= 4 is 11.4 Å². The van der Waals surface area contributed by atoms with Crippen molar-refractivity contribution in [1.29, 1.82) is 0 Å². The van der Waals surface area contributed by atoms with E-state index in [2.05, 4.69) is 44.5 Å². The van der Waals surface area contributed by atoms with E-state index in [0.29, 0.717) is 17.9 Å². The molecule has 1 saturated heterocycles. The summed E-state index contributed by atoms with van der Waals surface area (Å²) in [5.41, 5.74) is 2.65. The number of H-pyrrole nitrogens is 2. The van der Waals surface area contributed by atoms with Crippen LogP contribution < -0.4 is 21.5 Å². The van der Waals surface area contributed by atoms with Crippen LogP contribution in [0, 0.1) is 6.92 Å². The lowest BCUT2D eigenvalue weighted by Crippen LogP contribution is -2.29. The quantitative estimate of drug-likeness (QED) is 0.784. The summed E-state index contributed by atoms with van der Waals surface area (Å²) in [6.45, 7) is 4.65. The number of nitrogens with one attached hydrogen (secondary N) is 3. The van der Waals surface area contributed by atoms with Gasteiger partial charge < -0.3 is 15.2 Å². The summed E-state index contributed by atoms with van der Waals surface area (Å²) in [6, 6.07) is 8.66. The number of nitrogens with zero attached hydrogens (tertiary/aromatic N) is 1. The number of anilines is 2. The number of aromatic amines is 2. The Morgan fingerprint density at radius 2 is 1.75 bits per heavy atom. The summed E-state index contributed by atoms with van der Waals surface area (Å²) in [6.07, 6.45) is 4.71. The summed E-state index contributed by atoms with van der Waals surface area (Å²) in [5.74, 6) is 0. The SMILES string of the molecule is Cc1[nH]c(=O)[nH]c(=O)c1NCCc1ccc(N2CCCCC2)cc1. The van der Waals surface area contributed by atoms with Gasteiger partial charge in [-0.3, -0.25) is 9.78 Å². The fourth-order valence-electron chi connectivity index (χ4n) is 3.17. The van der Waals surface area contributed by atoms with Gasteiger partial charge in [-0.1, -0.05) is 12.1 Å². The van der Waals surface area contributed by atoms with Gasteiger partial charge in [0.1, 0.15) is 5.69 Å². The molecule has 0 unspecified atom stereocenters. The van der Waals surface area contributed by atoms with Gasteiger partial charge in [-0.25, -0.2) is 4.79 Å². The Morgan fingerprint density at radius 1 is 1.04 bits per heavy atom. The van der Waals surface area contributed by atoms with Crippen molar-refractivity contribution in [1.82, 2.24) is 9.97 Å². The van der Waals surface area contributed by atoms with Gasteiger partial charge in [0.15, 0.2) is 0 Å². The van der Waals surface area contributed by atoms with Crippen molar-refractivity contribution < 1.29 is 0 Å². The van der Waals surface area contributed by atoms with Crippen LogP contribution in [0.4, 0.5) is 11.4 Å². The van der Waals surface area contributed by atoms with Crippen LogP contribution in [-0.2, 0) is 6.42 Å². The normalized spacial score (nSPS) is 14.6. The average molecular weight is 328 g/mol. The Labute approximate surface area is 140 Å². The van der Waals surface area contributed by atoms with Gasteiger partial charge in [0.2, 0.25) is 0 Å². The molecule has 2 heterocycles. The topological polar surface area (TPSA) is 81.0 Å². The standard InChI is InChI=1S/C18H24N4O2/c1-13-16(17(23)21-18(24)20-13)19-10-9-14-5-7-15(8-6-14)22-11-3-2-4-12-22/h5-8,19H,2-4,9-12H2,1H3,(H2,20,21,23,24). The first-order valence-corrected chi connectivity index (χ1v) is 8.54. The van der Waals surface area contributed by atoms with Crippen molar-refractivity contribution in [3.8, 4) is 0 Å². The smallest absolute Gasteiger partial charge is 0.326 e. The number of aryl methyl sites for hydroxylation is 1.